The summed E-state index contributed by atoms with van der Waals surface area (Å²) in [5, 5.41) is 21.5. The first-order valence-electron chi connectivity index (χ1n) is 5.33. The summed E-state index contributed by atoms with van der Waals surface area (Å²) in [5.41, 5.74) is -1.18. The van der Waals surface area contributed by atoms with E-state index in [0.29, 0.717) is 5.75 Å². The highest BCUT2D eigenvalue weighted by Crippen LogP contribution is 2.33. The molecule has 0 spiro atoms. The summed E-state index contributed by atoms with van der Waals surface area (Å²) in [5.74, 6) is 0.626. The molecule has 0 fully saturated rings. The van der Waals surface area contributed by atoms with E-state index in [-0.39, 0.29) is 5.75 Å². The Bertz CT molecular complexity index is 672. The second-order valence-corrected chi connectivity index (χ2v) is 4.64. The smallest absolute Gasteiger partial charge is 0.349 e. The van der Waals surface area contributed by atoms with Gasteiger partial charge in [-0.05, 0) is 30.3 Å². The van der Waals surface area contributed by atoms with Crippen LogP contribution in [0.5, 0.6) is 11.5 Å². The third kappa shape index (κ3) is 3.09. The molecule has 0 aromatic heterocycles. The molecule has 0 saturated heterocycles. The number of ether oxygens (including phenoxy) is 1. The van der Waals surface area contributed by atoms with E-state index >= 15 is 0 Å². The molecule has 2 aromatic rings. The molecule has 2 aromatic carbocycles. The van der Waals surface area contributed by atoms with Crippen molar-refractivity contribution in [1.29, 1.82) is 0 Å². The van der Waals surface area contributed by atoms with Gasteiger partial charge in [-0.3, -0.25) is 20.2 Å². The van der Waals surface area contributed by atoms with E-state index in [9.17, 15) is 20.2 Å². The predicted molar refractivity (Wildman–Crippen MR) is 74.0 cm³/mol. The fourth-order valence-corrected chi connectivity index (χ4v) is 1.77. The van der Waals surface area contributed by atoms with E-state index < -0.39 is 21.2 Å². The van der Waals surface area contributed by atoms with E-state index in [0.717, 1.165) is 16.6 Å². The normalized spacial score (nSPS) is 10.1. The van der Waals surface area contributed by atoms with E-state index in [1.165, 1.54) is 6.07 Å². The highest BCUT2D eigenvalue weighted by atomic mass is 79.9. The Balaban J connectivity index is 2.34. The van der Waals surface area contributed by atoms with Crippen molar-refractivity contribution in [2.75, 3.05) is 0 Å². The Morgan fingerprint density at radius 1 is 0.850 bits per heavy atom. The van der Waals surface area contributed by atoms with E-state index in [4.69, 9.17) is 4.74 Å². The van der Waals surface area contributed by atoms with Crippen LogP contribution >= 0.6 is 15.9 Å². The van der Waals surface area contributed by atoms with Crippen LogP contribution in [0, 0.1) is 20.2 Å². The van der Waals surface area contributed by atoms with Crippen LogP contribution in [-0.4, -0.2) is 9.85 Å². The number of nitrogens with zero attached hydrogens (tertiary/aromatic N) is 2. The van der Waals surface area contributed by atoms with Crippen molar-refractivity contribution < 1.29 is 14.6 Å². The second-order valence-electron chi connectivity index (χ2n) is 3.72. The van der Waals surface area contributed by atoms with Crippen LogP contribution in [-0.2, 0) is 0 Å². The molecular weight excluding hydrogens is 332 g/mol. The van der Waals surface area contributed by atoms with Gasteiger partial charge in [0, 0.05) is 10.5 Å². The monoisotopic (exact) mass is 338 g/mol. The molecule has 7 nitrogen and oxygen atoms in total. The highest BCUT2D eigenvalue weighted by Gasteiger charge is 2.24. The average Bonchev–Trinajstić information content (AvgIpc) is 2.41. The van der Waals surface area contributed by atoms with Gasteiger partial charge in [0.2, 0.25) is 0 Å². The summed E-state index contributed by atoms with van der Waals surface area (Å²) in [6, 6.07) is 10.2. The molecule has 0 aliphatic rings. The minimum Gasteiger partial charge on any atom is -0.457 e. The molecule has 2 rings (SSSR count). The minimum absolute atomic E-state index is 0.157. The van der Waals surface area contributed by atoms with Crippen LogP contribution in [0.3, 0.4) is 0 Å². The Kier molecular flexibility index (Phi) is 3.94. The molecule has 0 bridgehead atoms. The molecule has 20 heavy (non-hydrogen) atoms. The lowest BCUT2D eigenvalue weighted by atomic mass is 10.2. The molecule has 0 amide bonds. The fraction of sp³-hybridized carbons (Fsp3) is 0. The SMILES string of the molecule is O=[N+]([O-])c1ccc(Oc2ccc(Br)cc2)cc1[N+](=O)[O-]. The molecule has 0 unspecified atom stereocenters. The van der Waals surface area contributed by atoms with Gasteiger partial charge in [0.1, 0.15) is 11.5 Å². The zero-order valence-electron chi connectivity index (χ0n) is 9.86. The molecule has 8 heteroatoms. The van der Waals surface area contributed by atoms with Gasteiger partial charge >= 0.3 is 11.4 Å². The first kappa shape index (κ1) is 13.9. The number of rotatable bonds is 4. The number of benzene rings is 2. The fourth-order valence-electron chi connectivity index (χ4n) is 1.51. The molecule has 0 N–H and O–H groups in total. The zero-order valence-corrected chi connectivity index (χ0v) is 11.4. The maximum Gasteiger partial charge on any atom is 0.349 e. The first-order valence-corrected chi connectivity index (χ1v) is 6.13. The number of nitro benzene ring substituents is 2. The standard InChI is InChI=1S/C12H7BrN2O5/c13-8-1-3-9(4-2-8)20-10-5-6-11(14(16)17)12(7-10)15(18)19/h1-7H. The number of hydrogen-bond acceptors (Lipinski definition) is 5. The maximum absolute atomic E-state index is 10.8. The van der Waals surface area contributed by atoms with Gasteiger partial charge in [0.15, 0.2) is 0 Å². The van der Waals surface area contributed by atoms with Gasteiger partial charge in [0.25, 0.3) is 0 Å². The summed E-state index contributed by atoms with van der Waals surface area (Å²) < 4.78 is 6.27. The lowest BCUT2D eigenvalue weighted by Crippen LogP contribution is -1.97. The number of nitro groups is 2. The van der Waals surface area contributed by atoms with Crippen molar-refractivity contribution in [3.63, 3.8) is 0 Å². The van der Waals surface area contributed by atoms with Crippen molar-refractivity contribution in [3.8, 4) is 11.5 Å². The topological polar surface area (TPSA) is 95.5 Å². The summed E-state index contributed by atoms with van der Waals surface area (Å²) in [7, 11) is 0. The molecular formula is C12H7BrN2O5. The molecule has 0 radical (unpaired) electrons. The van der Waals surface area contributed by atoms with Crippen LogP contribution in [0.15, 0.2) is 46.9 Å². The lowest BCUT2D eigenvalue weighted by molar-refractivity contribution is -0.422. The molecule has 0 heterocycles. The summed E-state index contributed by atoms with van der Waals surface area (Å²) >= 11 is 3.27. The van der Waals surface area contributed by atoms with Crippen molar-refractivity contribution in [3.05, 3.63) is 67.2 Å². The Labute approximate surface area is 121 Å². The van der Waals surface area contributed by atoms with Gasteiger partial charge in [0.05, 0.1) is 15.9 Å². The van der Waals surface area contributed by atoms with Gasteiger partial charge in [-0.15, -0.1) is 0 Å². The molecule has 0 aliphatic heterocycles. The number of hydrogen-bond donors (Lipinski definition) is 0. The van der Waals surface area contributed by atoms with Crippen molar-refractivity contribution >= 4 is 27.3 Å². The van der Waals surface area contributed by atoms with Crippen LogP contribution < -0.4 is 4.74 Å². The van der Waals surface area contributed by atoms with Gasteiger partial charge in [-0.2, -0.15) is 0 Å². The summed E-state index contributed by atoms with van der Waals surface area (Å²) in [4.78, 5) is 19.9. The van der Waals surface area contributed by atoms with Gasteiger partial charge in [-0.1, -0.05) is 15.9 Å². The predicted octanol–water partition coefficient (Wildman–Crippen LogP) is 4.06. The largest absolute Gasteiger partial charge is 0.457 e. The second kappa shape index (κ2) is 5.66. The quantitative estimate of drug-likeness (QED) is 0.618. The van der Waals surface area contributed by atoms with Crippen LogP contribution in [0.4, 0.5) is 11.4 Å². The van der Waals surface area contributed by atoms with Crippen LogP contribution in [0.1, 0.15) is 0 Å². The molecule has 0 saturated carbocycles. The minimum atomic E-state index is -0.813. The Hall–Kier alpha value is -2.48. The van der Waals surface area contributed by atoms with E-state index in [2.05, 4.69) is 15.9 Å². The lowest BCUT2D eigenvalue weighted by Gasteiger charge is -2.05. The number of halogens is 1. The van der Waals surface area contributed by atoms with Crippen molar-refractivity contribution in [2.24, 2.45) is 0 Å². The average molecular weight is 339 g/mol. The Morgan fingerprint density at radius 2 is 1.40 bits per heavy atom. The Morgan fingerprint density at radius 3 is 1.95 bits per heavy atom. The molecule has 0 atom stereocenters. The summed E-state index contributed by atoms with van der Waals surface area (Å²) in [6.07, 6.45) is 0. The third-order valence-electron chi connectivity index (χ3n) is 2.39. The first-order chi connectivity index (χ1) is 9.47. The van der Waals surface area contributed by atoms with Crippen molar-refractivity contribution in [1.82, 2.24) is 0 Å². The zero-order chi connectivity index (χ0) is 14.7. The maximum atomic E-state index is 10.8. The van der Waals surface area contributed by atoms with Gasteiger partial charge < -0.3 is 4.74 Å². The third-order valence-corrected chi connectivity index (χ3v) is 2.92. The van der Waals surface area contributed by atoms with Crippen LogP contribution in [0.2, 0.25) is 0 Å². The van der Waals surface area contributed by atoms with Gasteiger partial charge in [-0.25, -0.2) is 0 Å². The van der Waals surface area contributed by atoms with Crippen molar-refractivity contribution in [2.45, 2.75) is 0 Å². The molecule has 102 valence electrons. The highest BCUT2D eigenvalue weighted by molar-refractivity contribution is 9.10. The van der Waals surface area contributed by atoms with E-state index in [1.54, 1.807) is 24.3 Å². The van der Waals surface area contributed by atoms with E-state index in [1.807, 2.05) is 0 Å². The summed E-state index contributed by atoms with van der Waals surface area (Å²) in [6.45, 7) is 0. The molecule has 0 aliphatic carbocycles. The van der Waals surface area contributed by atoms with Crippen LogP contribution in [0.25, 0.3) is 0 Å².